The third-order valence-corrected chi connectivity index (χ3v) is 8.94. The lowest BCUT2D eigenvalue weighted by molar-refractivity contribution is -0.0903. The van der Waals surface area contributed by atoms with E-state index in [1.807, 2.05) is 78.9 Å². The van der Waals surface area contributed by atoms with Crippen LogP contribution < -0.4 is 14.8 Å². The average Bonchev–Trinajstić information content (AvgIpc) is 3.77. The van der Waals surface area contributed by atoms with Crippen LogP contribution in [0.3, 0.4) is 0 Å². The molecule has 15 heteroatoms. The molecule has 3 N–H and O–H groups in total. The Bertz CT molecular complexity index is 1800. The first-order valence-corrected chi connectivity index (χ1v) is 17.2. The predicted octanol–water partition coefficient (Wildman–Crippen LogP) is 4.60. The van der Waals surface area contributed by atoms with E-state index >= 15 is 0 Å². The number of hydrogen-bond donors (Lipinski definition) is 3. The highest BCUT2D eigenvalue weighted by Gasteiger charge is 2.46. The number of benzene rings is 3. The second-order valence-corrected chi connectivity index (χ2v) is 12.1. The molecule has 1 saturated heterocycles. The molecule has 50 heavy (non-hydrogen) atoms. The quantitative estimate of drug-likeness (QED) is 0.0699. The van der Waals surface area contributed by atoms with Gasteiger partial charge in [-0.2, -0.15) is 0 Å². The van der Waals surface area contributed by atoms with Crippen LogP contribution in [0.1, 0.15) is 29.3 Å². The molecule has 14 nitrogen and oxygen atoms in total. The summed E-state index contributed by atoms with van der Waals surface area (Å²) in [6, 6.07) is 25.1. The van der Waals surface area contributed by atoms with Crippen molar-refractivity contribution in [3.63, 3.8) is 0 Å². The predicted molar refractivity (Wildman–Crippen MR) is 183 cm³/mol. The Labute approximate surface area is 289 Å². The van der Waals surface area contributed by atoms with E-state index < -0.39 is 32.3 Å². The summed E-state index contributed by atoms with van der Waals surface area (Å²) in [5.41, 5.74) is 2.40. The number of nitrogens with zero attached hydrogens (tertiary/aromatic N) is 4. The van der Waals surface area contributed by atoms with Gasteiger partial charge in [0.1, 0.15) is 41.9 Å². The van der Waals surface area contributed by atoms with Gasteiger partial charge in [0.15, 0.2) is 17.0 Å². The molecule has 5 aromatic rings. The standard InChI is InChI=1S/C35H38N5O9P/c1-44-27-12-8-25(9-13-27)35(24-6-4-3-5-7-24,26-10-14-28(45-2)15-11-26)47-21-30-29(49-50(42)43)20-31(48-30)40-23-39-32-33(37-22-38-34(32)40)36-16-18-46-19-17-41/h3-15,22-23,29-31,41H,16-21H2,1-2H3,(H-,36,37,38,42,43)/p+1/t29-,30+,31+/m0/s1. The summed E-state index contributed by atoms with van der Waals surface area (Å²) >= 11 is 0. The molecule has 0 amide bonds. The van der Waals surface area contributed by atoms with Gasteiger partial charge >= 0.3 is 8.25 Å². The summed E-state index contributed by atoms with van der Waals surface area (Å²) in [7, 11) is 0.278. The number of fused-ring (bicyclic) bond motifs is 1. The summed E-state index contributed by atoms with van der Waals surface area (Å²) < 4.78 is 49.1. The van der Waals surface area contributed by atoms with E-state index in [9.17, 15) is 9.46 Å². The van der Waals surface area contributed by atoms with Crippen molar-refractivity contribution in [2.24, 2.45) is 0 Å². The summed E-state index contributed by atoms with van der Waals surface area (Å²) in [6.07, 6.45) is 1.05. The fourth-order valence-corrected chi connectivity index (χ4v) is 6.58. The number of hydrogen-bond acceptors (Lipinski definition) is 12. The number of aliphatic hydroxyl groups excluding tert-OH is 1. The molecule has 4 atom stereocenters. The van der Waals surface area contributed by atoms with Crippen LogP contribution in [-0.4, -0.2) is 88.9 Å². The van der Waals surface area contributed by atoms with E-state index in [1.54, 1.807) is 25.1 Å². The van der Waals surface area contributed by atoms with Gasteiger partial charge < -0.3 is 34.1 Å². The molecule has 1 aliphatic rings. The average molecular weight is 705 g/mol. The first kappa shape index (κ1) is 35.3. The summed E-state index contributed by atoms with van der Waals surface area (Å²) in [6.45, 7) is 0.995. The van der Waals surface area contributed by atoms with Crippen molar-refractivity contribution in [3.8, 4) is 11.5 Å². The van der Waals surface area contributed by atoms with Crippen LogP contribution in [-0.2, 0) is 28.9 Å². The number of methoxy groups -OCH3 is 2. The number of rotatable bonds is 17. The zero-order chi connectivity index (χ0) is 34.9. The van der Waals surface area contributed by atoms with Crippen LogP contribution in [0.15, 0.2) is 91.5 Å². The van der Waals surface area contributed by atoms with E-state index in [0.717, 1.165) is 16.7 Å². The van der Waals surface area contributed by atoms with E-state index in [0.29, 0.717) is 41.6 Å². The molecule has 262 valence electrons. The number of anilines is 1. The second kappa shape index (κ2) is 16.5. The molecule has 0 bridgehead atoms. The fourth-order valence-electron chi connectivity index (χ4n) is 6.13. The molecule has 1 unspecified atom stereocenters. The van der Waals surface area contributed by atoms with Crippen molar-refractivity contribution in [2.45, 2.75) is 30.5 Å². The Morgan fingerprint density at radius 1 is 0.920 bits per heavy atom. The number of nitrogens with one attached hydrogen (secondary N) is 1. The molecular weight excluding hydrogens is 665 g/mol. The molecule has 0 spiro atoms. The Morgan fingerprint density at radius 3 is 2.20 bits per heavy atom. The molecule has 1 fully saturated rings. The number of aromatic nitrogens is 4. The topological polar surface area (TPSA) is 169 Å². The highest BCUT2D eigenvalue weighted by Crippen LogP contribution is 2.44. The Hall–Kier alpha value is -4.53. The second-order valence-electron chi connectivity index (χ2n) is 11.4. The van der Waals surface area contributed by atoms with Crippen molar-refractivity contribution in [1.82, 2.24) is 19.5 Å². The van der Waals surface area contributed by atoms with Gasteiger partial charge in [0, 0.05) is 17.5 Å². The SMILES string of the molecule is COc1ccc(C(OC[C@H]2O[C@@H](n3cnc4c(NCCOCCO)ncnc43)C[C@@H]2O[P+](=O)O)(c2ccccc2)c2ccc(OC)cc2)cc1. The maximum Gasteiger partial charge on any atom is 0.695 e. The maximum absolute atomic E-state index is 12.0. The van der Waals surface area contributed by atoms with E-state index in [4.69, 9.17) is 33.3 Å². The normalized spacial score (nSPS) is 17.9. The number of ether oxygens (including phenoxy) is 5. The number of imidazole rings is 1. The minimum atomic E-state index is -2.95. The largest absolute Gasteiger partial charge is 0.695 e. The van der Waals surface area contributed by atoms with Crippen molar-refractivity contribution in [3.05, 3.63) is 108 Å². The first-order chi connectivity index (χ1) is 24.5. The third-order valence-electron chi connectivity index (χ3n) is 8.49. The van der Waals surface area contributed by atoms with E-state index in [2.05, 4.69) is 20.3 Å². The molecule has 6 rings (SSSR count). The van der Waals surface area contributed by atoms with Crippen LogP contribution >= 0.6 is 8.25 Å². The highest BCUT2D eigenvalue weighted by atomic mass is 31.1. The van der Waals surface area contributed by atoms with Gasteiger partial charge in [0.25, 0.3) is 0 Å². The lowest BCUT2D eigenvalue weighted by Gasteiger charge is -2.37. The Morgan fingerprint density at radius 2 is 1.58 bits per heavy atom. The van der Waals surface area contributed by atoms with Gasteiger partial charge in [-0.25, -0.2) is 15.0 Å². The molecule has 3 heterocycles. The highest BCUT2D eigenvalue weighted by molar-refractivity contribution is 7.32. The minimum Gasteiger partial charge on any atom is -0.497 e. The van der Waals surface area contributed by atoms with Crippen molar-refractivity contribution in [2.75, 3.05) is 52.5 Å². The lowest BCUT2D eigenvalue weighted by Crippen LogP contribution is -2.38. The minimum absolute atomic E-state index is 0.0143. The zero-order valence-electron chi connectivity index (χ0n) is 27.6. The lowest BCUT2D eigenvalue weighted by atomic mass is 9.80. The molecule has 0 radical (unpaired) electrons. The van der Waals surface area contributed by atoms with Crippen LogP contribution in [0, 0.1) is 0 Å². The van der Waals surface area contributed by atoms with E-state index in [1.165, 1.54) is 6.33 Å². The van der Waals surface area contributed by atoms with Crippen LogP contribution in [0.25, 0.3) is 11.2 Å². The van der Waals surface area contributed by atoms with Gasteiger partial charge in [-0.05, 0) is 41.0 Å². The Kier molecular flexibility index (Phi) is 11.6. The first-order valence-electron chi connectivity index (χ1n) is 16.0. The zero-order valence-corrected chi connectivity index (χ0v) is 28.5. The summed E-state index contributed by atoms with van der Waals surface area (Å²) in [5.74, 6) is 1.90. The molecule has 0 aliphatic carbocycles. The summed E-state index contributed by atoms with van der Waals surface area (Å²) in [5, 5.41) is 12.1. The molecule has 3 aromatic carbocycles. The molecule has 0 saturated carbocycles. The van der Waals surface area contributed by atoms with Crippen molar-refractivity contribution in [1.29, 1.82) is 0 Å². The van der Waals surface area contributed by atoms with Crippen molar-refractivity contribution >= 4 is 25.2 Å². The van der Waals surface area contributed by atoms with Gasteiger partial charge in [-0.3, -0.25) is 4.57 Å². The van der Waals surface area contributed by atoms with Crippen LogP contribution in [0.4, 0.5) is 5.82 Å². The molecule has 1 aliphatic heterocycles. The molecular formula is C35H39N5O9P+. The Balaban J connectivity index is 1.32. The molecule has 2 aromatic heterocycles. The third kappa shape index (κ3) is 7.62. The van der Waals surface area contributed by atoms with Crippen LogP contribution in [0.5, 0.6) is 11.5 Å². The van der Waals surface area contributed by atoms with Gasteiger partial charge in [0.2, 0.25) is 0 Å². The summed E-state index contributed by atoms with van der Waals surface area (Å²) in [4.78, 5) is 23.2. The van der Waals surface area contributed by atoms with E-state index in [-0.39, 0.29) is 26.2 Å². The fraction of sp³-hybridized carbons (Fsp3) is 0.343. The number of aliphatic hydroxyl groups is 1. The van der Waals surface area contributed by atoms with Crippen molar-refractivity contribution < 1.29 is 42.8 Å². The van der Waals surface area contributed by atoms with Gasteiger partial charge in [-0.15, -0.1) is 9.42 Å². The van der Waals surface area contributed by atoms with Gasteiger partial charge in [0.05, 0.1) is 47.0 Å². The van der Waals surface area contributed by atoms with Gasteiger partial charge in [-0.1, -0.05) is 54.6 Å². The van der Waals surface area contributed by atoms with Crippen LogP contribution in [0.2, 0.25) is 0 Å². The monoisotopic (exact) mass is 704 g/mol. The smallest absolute Gasteiger partial charge is 0.497 e. The maximum atomic E-state index is 12.0.